The Labute approximate surface area is 104 Å². The highest BCUT2D eigenvalue weighted by molar-refractivity contribution is 5.45. The molecule has 18 heavy (non-hydrogen) atoms. The molecule has 2 aromatic carbocycles. The van der Waals surface area contributed by atoms with Crippen LogP contribution in [0.2, 0.25) is 0 Å². The lowest BCUT2D eigenvalue weighted by Crippen LogP contribution is -2.02. The maximum atomic E-state index is 13.4. The fraction of sp³-hybridized carbons (Fsp3) is 0.143. The molecule has 0 aliphatic rings. The van der Waals surface area contributed by atoms with Crippen molar-refractivity contribution in [2.45, 2.75) is 6.54 Å². The fourth-order valence-corrected chi connectivity index (χ4v) is 1.62. The molecule has 2 nitrogen and oxygen atoms in total. The highest BCUT2D eigenvalue weighted by Crippen LogP contribution is 2.19. The van der Waals surface area contributed by atoms with Gasteiger partial charge in [-0.1, -0.05) is 18.2 Å². The molecule has 0 aliphatic heterocycles. The van der Waals surface area contributed by atoms with E-state index in [4.69, 9.17) is 4.74 Å². The number of anilines is 1. The largest absolute Gasteiger partial charge is 0.494 e. The summed E-state index contributed by atoms with van der Waals surface area (Å²) in [6.45, 7) is 0.349. The predicted molar refractivity (Wildman–Crippen MR) is 66.7 cm³/mol. The number of ether oxygens (including phenoxy) is 1. The summed E-state index contributed by atoms with van der Waals surface area (Å²) in [5, 5.41) is 2.91. The second-order valence-corrected chi connectivity index (χ2v) is 3.80. The van der Waals surface area contributed by atoms with E-state index < -0.39 is 5.82 Å². The van der Waals surface area contributed by atoms with Gasteiger partial charge in [0.1, 0.15) is 5.82 Å². The Morgan fingerprint density at radius 1 is 1.06 bits per heavy atom. The third kappa shape index (κ3) is 2.77. The summed E-state index contributed by atoms with van der Waals surface area (Å²) in [7, 11) is 1.41. The second kappa shape index (κ2) is 5.49. The Bertz CT molecular complexity index is 543. The summed E-state index contributed by atoms with van der Waals surface area (Å²) >= 11 is 0. The number of para-hydroxylation sites is 1. The van der Waals surface area contributed by atoms with Crippen LogP contribution in [0.3, 0.4) is 0 Å². The molecule has 0 spiro atoms. The number of halogens is 2. The van der Waals surface area contributed by atoms with E-state index in [1.165, 1.54) is 19.2 Å². The molecule has 2 rings (SSSR count). The van der Waals surface area contributed by atoms with Crippen LogP contribution in [0.1, 0.15) is 5.56 Å². The number of nitrogens with one attached hydrogen (secondary N) is 1. The lowest BCUT2D eigenvalue weighted by atomic mass is 10.2. The van der Waals surface area contributed by atoms with E-state index >= 15 is 0 Å². The van der Waals surface area contributed by atoms with Gasteiger partial charge >= 0.3 is 0 Å². The maximum absolute atomic E-state index is 13.4. The first-order chi connectivity index (χ1) is 8.70. The second-order valence-electron chi connectivity index (χ2n) is 3.80. The van der Waals surface area contributed by atoms with E-state index in [1.54, 1.807) is 30.3 Å². The number of hydrogen-bond donors (Lipinski definition) is 1. The first-order valence-corrected chi connectivity index (χ1v) is 5.51. The summed E-state index contributed by atoms with van der Waals surface area (Å²) in [6.07, 6.45) is 0. The molecule has 2 aromatic rings. The Morgan fingerprint density at radius 3 is 2.50 bits per heavy atom. The Morgan fingerprint density at radius 2 is 1.83 bits per heavy atom. The standard InChI is InChI=1S/C14H13F2NO/c1-18-14-7-6-10(8-12(14)16)9-17-13-5-3-2-4-11(13)15/h2-8,17H,9H2,1H3. The van der Waals surface area contributed by atoms with E-state index in [1.807, 2.05) is 0 Å². The van der Waals surface area contributed by atoms with Gasteiger partial charge in [-0.05, 0) is 29.8 Å². The quantitative estimate of drug-likeness (QED) is 0.894. The van der Waals surface area contributed by atoms with Crippen LogP contribution >= 0.6 is 0 Å². The van der Waals surface area contributed by atoms with Crippen LogP contribution in [-0.2, 0) is 6.54 Å². The van der Waals surface area contributed by atoms with Crippen LogP contribution in [0.25, 0.3) is 0 Å². The van der Waals surface area contributed by atoms with Gasteiger partial charge in [-0.3, -0.25) is 0 Å². The molecule has 0 bridgehead atoms. The molecule has 4 heteroatoms. The normalized spacial score (nSPS) is 10.2. The Balaban J connectivity index is 2.07. The van der Waals surface area contributed by atoms with Gasteiger partial charge in [0.15, 0.2) is 11.6 Å². The summed E-state index contributed by atoms with van der Waals surface area (Å²) in [5.41, 5.74) is 1.12. The van der Waals surface area contributed by atoms with Crippen LogP contribution in [0.15, 0.2) is 42.5 Å². The van der Waals surface area contributed by atoms with Crippen LogP contribution < -0.4 is 10.1 Å². The van der Waals surface area contributed by atoms with E-state index in [9.17, 15) is 8.78 Å². The van der Waals surface area contributed by atoms with Crippen molar-refractivity contribution in [2.24, 2.45) is 0 Å². The zero-order valence-electron chi connectivity index (χ0n) is 9.91. The minimum Gasteiger partial charge on any atom is -0.494 e. The van der Waals surface area contributed by atoms with Crippen molar-refractivity contribution in [2.75, 3.05) is 12.4 Å². The van der Waals surface area contributed by atoms with Gasteiger partial charge in [0, 0.05) is 6.54 Å². The summed E-state index contributed by atoms with van der Waals surface area (Å²) in [5.74, 6) is -0.554. The summed E-state index contributed by atoms with van der Waals surface area (Å²) in [4.78, 5) is 0. The van der Waals surface area contributed by atoms with Gasteiger partial charge in [-0.2, -0.15) is 0 Å². The minimum absolute atomic E-state index is 0.199. The molecule has 94 valence electrons. The molecule has 0 aliphatic carbocycles. The van der Waals surface area contributed by atoms with Gasteiger partial charge in [0.25, 0.3) is 0 Å². The van der Waals surface area contributed by atoms with Crippen molar-refractivity contribution in [3.8, 4) is 5.75 Å². The number of methoxy groups -OCH3 is 1. The third-order valence-corrected chi connectivity index (χ3v) is 2.57. The van der Waals surface area contributed by atoms with Gasteiger partial charge in [-0.15, -0.1) is 0 Å². The van der Waals surface area contributed by atoms with Gasteiger partial charge in [-0.25, -0.2) is 8.78 Å². The minimum atomic E-state index is -0.426. The number of hydrogen-bond acceptors (Lipinski definition) is 2. The van der Waals surface area contributed by atoms with Gasteiger partial charge < -0.3 is 10.1 Å². The van der Waals surface area contributed by atoms with Crippen LogP contribution in [0.5, 0.6) is 5.75 Å². The molecule has 0 saturated heterocycles. The number of rotatable bonds is 4. The van der Waals surface area contributed by atoms with Crippen molar-refractivity contribution in [1.29, 1.82) is 0 Å². The van der Waals surface area contributed by atoms with Crippen molar-refractivity contribution < 1.29 is 13.5 Å². The van der Waals surface area contributed by atoms with Gasteiger partial charge in [0.05, 0.1) is 12.8 Å². The van der Waals surface area contributed by atoms with Crippen molar-refractivity contribution in [1.82, 2.24) is 0 Å². The average molecular weight is 249 g/mol. The molecular formula is C14H13F2NO. The predicted octanol–water partition coefficient (Wildman–Crippen LogP) is 3.59. The summed E-state index contributed by atoms with van der Waals surface area (Å²) < 4.78 is 31.6. The molecule has 0 unspecified atom stereocenters. The first-order valence-electron chi connectivity index (χ1n) is 5.51. The molecular weight excluding hydrogens is 236 g/mol. The van der Waals surface area contributed by atoms with E-state index in [-0.39, 0.29) is 11.6 Å². The monoisotopic (exact) mass is 249 g/mol. The van der Waals surface area contributed by atoms with E-state index in [2.05, 4.69) is 5.32 Å². The molecule has 0 fully saturated rings. The van der Waals surface area contributed by atoms with Gasteiger partial charge in [0.2, 0.25) is 0 Å². The van der Waals surface area contributed by atoms with Crippen LogP contribution in [0.4, 0.5) is 14.5 Å². The number of benzene rings is 2. The third-order valence-electron chi connectivity index (χ3n) is 2.57. The average Bonchev–Trinajstić information content (AvgIpc) is 2.38. The topological polar surface area (TPSA) is 21.3 Å². The lowest BCUT2D eigenvalue weighted by molar-refractivity contribution is 0.386. The molecule has 0 radical (unpaired) electrons. The zero-order chi connectivity index (χ0) is 13.0. The lowest BCUT2D eigenvalue weighted by Gasteiger charge is -2.08. The Kier molecular flexibility index (Phi) is 3.77. The molecule has 0 saturated carbocycles. The van der Waals surface area contributed by atoms with E-state index in [0.29, 0.717) is 12.2 Å². The molecule has 1 N–H and O–H groups in total. The van der Waals surface area contributed by atoms with Crippen LogP contribution in [-0.4, -0.2) is 7.11 Å². The van der Waals surface area contributed by atoms with Crippen molar-refractivity contribution in [3.63, 3.8) is 0 Å². The zero-order valence-corrected chi connectivity index (χ0v) is 9.91. The van der Waals surface area contributed by atoms with E-state index in [0.717, 1.165) is 5.56 Å². The molecule has 0 amide bonds. The van der Waals surface area contributed by atoms with Crippen molar-refractivity contribution >= 4 is 5.69 Å². The molecule has 0 aromatic heterocycles. The smallest absolute Gasteiger partial charge is 0.165 e. The SMILES string of the molecule is COc1ccc(CNc2ccccc2F)cc1F. The first kappa shape index (κ1) is 12.4. The summed E-state index contributed by atoms with van der Waals surface area (Å²) in [6, 6.07) is 11.0. The highest BCUT2D eigenvalue weighted by atomic mass is 19.1. The fourth-order valence-electron chi connectivity index (χ4n) is 1.62. The molecule has 0 atom stereocenters. The van der Waals surface area contributed by atoms with Crippen LogP contribution in [0, 0.1) is 11.6 Å². The Hall–Kier alpha value is -2.10. The molecule has 0 heterocycles. The highest BCUT2D eigenvalue weighted by Gasteiger charge is 2.04. The maximum Gasteiger partial charge on any atom is 0.165 e. The van der Waals surface area contributed by atoms with Crippen molar-refractivity contribution in [3.05, 3.63) is 59.7 Å².